The van der Waals surface area contributed by atoms with Crippen molar-refractivity contribution >= 4 is 11.7 Å². The quantitative estimate of drug-likeness (QED) is 0.885. The number of benzene rings is 1. The van der Waals surface area contributed by atoms with E-state index in [-0.39, 0.29) is 5.91 Å². The normalized spacial score (nSPS) is 10.3. The van der Waals surface area contributed by atoms with Gasteiger partial charge in [0.05, 0.1) is 0 Å². The number of anilines is 1. The highest BCUT2D eigenvalue weighted by molar-refractivity contribution is 6.03. The van der Waals surface area contributed by atoms with Gasteiger partial charge in [0.2, 0.25) is 0 Å². The van der Waals surface area contributed by atoms with Crippen LogP contribution in [0.5, 0.6) is 0 Å². The van der Waals surface area contributed by atoms with E-state index in [2.05, 4.69) is 10.3 Å². The summed E-state index contributed by atoms with van der Waals surface area (Å²) in [5.41, 5.74) is 9.38. The zero-order chi connectivity index (χ0) is 13.8. The standard InChI is InChI=1S/C15H17N3O/c1-10-3-4-13(7-11(10)2)15(19)18-14-8-12(9-16)5-6-17-14/h3-8H,9,16H2,1-2H3,(H,17,18,19). The van der Waals surface area contributed by atoms with Crippen LogP contribution >= 0.6 is 0 Å². The van der Waals surface area contributed by atoms with Crippen molar-refractivity contribution in [2.75, 3.05) is 5.32 Å². The maximum absolute atomic E-state index is 12.1. The van der Waals surface area contributed by atoms with E-state index in [1.807, 2.05) is 38.1 Å². The average molecular weight is 255 g/mol. The zero-order valence-electron chi connectivity index (χ0n) is 11.1. The van der Waals surface area contributed by atoms with Gasteiger partial charge in [-0.1, -0.05) is 6.07 Å². The van der Waals surface area contributed by atoms with Crippen molar-refractivity contribution < 1.29 is 4.79 Å². The van der Waals surface area contributed by atoms with E-state index in [1.54, 1.807) is 12.3 Å². The van der Waals surface area contributed by atoms with Gasteiger partial charge in [-0.2, -0.15) is 0 Å². The van der Waals surface area contributed by atoms with Gasteiger partial charge in [0, 0.05) is 18.3 Å². The number of hydrogen-bond donors (Lipinski definition) is 2. The number of carbonyl (C=O) groups is 1. The maximum Gasteiger partial charge on any atom is 0.256 e. The van der Waals surface area contributed by atoms with Crippen molar-refractivity contribution in [3.05, 3.63) is 58.8 Å². The van der Waals surface area contributed by atoms with Gasteiger partial charge < -0.3 is 11.1 Å². The van der Waals surface area contributed by atoms with Crippen LogP contribution < -0.4 is 11.1 Å². The molecular formula is C15H17N3O. The second kappa shape index (κ2) is 5.63. The van der Waals surface area contributed by atoms with E-state index in [0.29, 0.717) is 17.9 Å². The highest BCUT2D eigenvalue weighted by atomic mass is 16.1. The summed E-state index contributed by atoms with van der Waals surface area (Å²) in [6.45, 7) is 4.43. The molecule has 1 aromatic carbocycles. The molecule has 4 nitrogen and oxygen atoms in total. The molecule has 1 amide bonds. The number of nitrogens with two attached hydrogens (primary N) is 1. The molecule has 3 N–H and O–H groups in total. The van der Waals surface area contributed by atoms with Crippen molar-refractivity contribution in [1.29, 1.82) is 0 Å². The fraction of sp³-hybridized carbons (Fsp3) is 0.200. The van der Waals surface area contributed by atoms with Crippen molar-refractivity contribution in [3.63, 3.8) is 0 Å². The van der Waals surface area contributed by atoms with Gasteiger partial charge in [-0.05, 0) is 54.8 Å². The zero-order valence-corrected chi connectivity index (χ0v) is 11.1. The molecule has 4 heteroatoms. The molecule has 1 heterocycles. The van der Waals surface area contributed by atoms with E-state index in [1.165, 1.54) is 5.56 Å². The van der Waals surface area contributed by atoms with Crippen LogP contribution in [0.3, 0.4) is 0 Å². The van der Waals surface area contributed by atoms with E-state index >= 15 is 0 Å². The summed E-state index contributed by atoms with van der Waals surface area (Å²) in [7, 11) is 0. The van der Waals surface area contributed by atoms with E-state index in [4.69, 9.17) is 5.73 Å². The smallest absolute Gasteiger partial charge is 0.256 e. The predicted molar refractivity (Wildman–Crippen MR) is 76.0 cm³/mol. The van der Waals surface area contributed by atoms with Gasteiger partial charge in [0.25, 0.3) is 5.91 Å². The summed E-state index contributed by atoms with van der Waals surface area (Å²) >= 11 is 0. The number of nitrogens with one attached hydrogen (secondary N) is 1. The molecule has 0 atom stereocenters. The first-order chi connectivity index (χ1) is 9.10. The monoisotopic (exact) mass is 255 g/mol. The highest BCUT2D eigenvalue weighted by Gasteiger charge is 2.08. The van der Waals surface area contributed by atoms with Crippen LogP contribution in [0.4, 0.5) is 5.82 Å². The van der Waals surface area contributed by atoms with Crippen LogP contribution in [0.2, 0.25) is 0 Å². The minimum absolute atomic E-state index is 0.162. The van der Waals surface area contributed by atoms with Crippen LogP contribution in [-0.4, -0.2) is 10.9 Å². The van der Waals surface area contributed by atoms with Crippen molar-refractivity contribution in [3.8, 4) is 0 Å². The molecule has 0 radical (unpaired) electrons. The Hall–Kier alpha value is -2.20. The molecule has 98 valence electrons. The topological polar surface area (TPSA) is 68.0 Å². The summed E-state index contributed by atoms with van der Waals surface area (Å²) in [4.78, 5) is 16.2. The molecule has 0 aliphatic carbocycles. The molecule has 0 aliphatic rings. The number of rotatable bonds is 3. The summed E-state index contributed by atoms with van der Waals surface area (Å²) in [5.74, 6) is 0.357. The maximum atomic E-state index is 12.1. The molecule has 0 bridgehead atoms. The molecule has 2 rings (SSSR count). The number of pyridine rings is 1. The third kappa shape index (κ3) is 3.17. The Kier molecular flexibility index (Phi) is 3.92. The number of aromatic nitrogens is 1. The summed E-state index contributed by atoms with van der Waals surface area (Å²) in [6.07, 6.45) is 1.64. The molecule has 1 aromatic heterocycles. The first-order valence-corrected chi connectivity index (χ1v) is 6.14. The van der Waals surface area contributed by atoms with Crippen molar-refractivity contribution in [1.82, 2.24) is 4.98 Å². The Morgan fingerprint density at radius 2 is 2.00 bits per heavy atom. The summed E-state index contributed by atoms with van der Waals surface area (Å²) < 4.78 is 0. The SMILES string of the molecule is Cc1ccc(C(=O)Nc2cc(CN)ccn2)cc1C. The number of amides is 1. The predicted octanol–water partition coefficient (Wildman–Crippen LogP) is 2.41. The highest BCUT2D eigenvalue weighted by Crippen LogP contribution is 2.12. The lowest BCUT2D eigenvalue weighted by Crippen LogP contribution is -2.13. The number of hydrogen-bond acceptors (Lipinski definition) is 3. The Morgan fingerprint density at radius 1 is 1.21 bits per heavy atom. The van der Waals surface area contributed by atoms with Gasteiger partial charge in [-0.25, -0.2) is 4.98 Å². The summed E-state index contributed by atoms with van der Waals surface area (Å²) in [6, 6.07) is 9.22. The third-order valence-corrected chi connectivity index (χ3v) is 3.07. The second-order valence-corrected chi connectivity index (χ2v) is 4.51. The molecule has 0 fully saturated rings. The van der Waals surface area contributed by atoms with Crippen molar-refractivity contribution in [2.45, 2.75) is 20.4 Å². The van der Waals surface area contributed by atoms with Gasteiger partial charge in [-0.15, -0.1) is 0 Å². The number of nitrogens with zero attached hydrogens (tertiary/aromatic N) is 1. The fourth-order valence-electron chi connectivity index (χ4n) is 1.74. The second-order valence-electron chi connectivity index (χ2n) is 4.51. The lowest BCUT2D eigenvalue weighted by molar-refractivity contribution is 0.102. The largest absolute Gasteiger partial charge is 0.326 e. The molecule has 2 aromatic rings. The van der Waals surface area contributed by atoms with Gasteiger partial charge >= 0.3 is 0 Å². The minimum atomic E-state index is -0.162. The van der Waals surface area contributed by atoms with Crippen LogP contribution in [0.25, 0.3) is 0 Å². The molecule has 0 aliphatic heterocycles. The molecule has 19 heavy (non-hydrogen) atoms. The van der Waals surface area contributed by atoms with E-state index in [9.17, 15) is 4.79 Å². The molecule has 0 spiro atoms. The Labute approximate surface area is 112 Å². The Balaban J connectivity index is 2.18. The lowest BCUT2D eigenvalue weighted by atomic mass is 10.1. The van der Waals surface area contributed by atoms with Crippen LogP contribution in [0.15, 0.2) is 36.5 Å². The fourth-order valence-corrected chi connectivity index (χ4v) is 1.74. The Morgan fingerprint density at radius 3 is 2.68 bits per heavy atom. The average Bonchev–Trinajstić information content (AvgIpc) is 2.42. The van der Waals surface area contributed by atoms with Crippen LogP contribution in [0.1, 0.15) is 27.0 Å². The third-order valence-electron chi connectivity index (χ3n) is 3.07. The lowest BCUT2D eigenvalue weighted by Gasteiger charge is -2.07. The molecule has 0 unspecified atom stereocenters. The van der Waals surface area contributed by atoms with Gasteiger partial charge in [0.1, 0.15) is 5.82 Å². The van der Waals surface area contributed by atoms with Crippen LogP contribution in [-0.2, 0) is 6.54 Å². The molecule has 0 saturated carbocycles. The first-order valence-electron chi connectivity index (χ1n) is 6.14. The molecular weight excluding hydrogens is 238 g/mol. The van der Waals surface area contributed by atoms with Gasteiger partial charge in [-0.3, -0.25) is 4.79 Å². The minimum Gasteiger partial charge on any atom is -0.326 e. The Bertz CT molecular complexity index is 608. The van der Waals surface area contributed by atoms with E-state index in [0.717, 1.165) is 11.1 Å². The molecule has 0 saturated heterocycles. The number of carbonyl (C=O) groups excluding carboxylic acids is 1. The van der Waals surface area contributed by atoms with E-state index < -0.39 is 0 Å². The summed E-state index contributed by atoms with van der Waals surface area (Å²) in [5, 5.41) is 2.77. The van der Waals surface area contributed by atoms with Crippen molar-refractivity contribution in [2.24, 2.45) is 5.73 Å². The first kappa shape index (κ1) is 13.2. The van der Waals surface area contributed by atoms with Gasteiger partial charge in [0.15, 0.2) is 0 Å². The number of aryl methyl sites for hydroxylation is 2. The van der Waals surface area contributed by atoms with Crippen LogP contribution in [0, 0.1) is 13.8 Å².